The smallest absolute Gasteiger partial charge is 0.256 e. The molecule has 0 saturated heterocycles. The van der Waals surface area contributed by atoms with Crippen LogP contribution in [0, 0.1) is 6.92 Å². The van der Waals surface area contributed by atoms with E-state index in [0.29, 0.717) is 17.3 Å². The summed E-state index contributed by atoms with van der Waals surface area (Å²) < 4.78 is 4.96. The number of aryl methyl sites for hydroxylation is 1. The first-order valence-corrected chi connectivity index (χ1v) is 5.65. The summed E-state index contributed by atoms with van der Waals surface area (Å²) in [7, 11) is 1.47. The molecule has 1 amide bonds. The van der Waals surface area contributed by atoms with Gasteiger partial charge in [0.2, 0.25) is 11.8 Å². The van der Waals surface area contributed by atoms with Crippen LogP contribution in [0.15, 0.2) is 30.3 Å². The average molecular weight is 258 g/mol. The van der Waals surface area contributed by atoms with E-state index in [1.54, 1.807) is 12.1 Å². The van der Waals surface area contributed by atoms with Gasteiger partial charge in [-0.05, 0) is 19.1 Å². The third-order valence-electron chi connectivity index (χ3n) is 2.45. The van der Waals surface area contributed by atoms with Gasteiger partial charge in [-0.1, -0.05) is 17.7 Å². The Bertz CT molecular complexity index is 613. The molecule has 0 radical (unpaired) electrons. The van der Waals surface area contributed by atoms with Gasteiger partial charge in [-0.25, -0.2) is 0 Å². The lowest BCUT2D eigenvalue weighted by Crippen LogP contribution is -2.14. The zero-order chi connectivity index (χ0) is 13.8. The van der Waals surface area contributed by atoms with Gasteiger partial charge in [0, 0.05) is 11.6 Å². The third kappa shape index (κ3) is 3.19. The lowest BCUT2D eigenvalue weighted by atomic mass is 10.1. The van der Waals surface area contributed by atoms with Crippen LogP contribution in [0.1, 0.15) is 15.9 Å². The number of benzene rings is 1. The van der Waals surface area contributed by atoms with Crippen LogP contribution in [-0.2, 0) is 0 Å². The van der Waals surface area contributed by atoms with Gasteiger partial charge in [0.15, 0.2) is 0 Å². The molecule has 1 aromatic carbocycles. The molecular weight excluding hydrogens is 244 g/mol. The van der Waals surface area contributed by atoms with Crippen LogP contribution in [0.5, 0.6) is 5.88 Å². The molecule has 6 nitrogen and oxygen atoms in total. The number of nitrogens with zero attached hydrogens (tertiary/aromatic N) is 2. The first-order valence-electron chi connectivity index (χ1n) is 5.65. The van der Waals surface area contributed by atoms with Gasteiger partial charge in [-0.2, -0.15) is 9.97 Å². The topological polar surface area (TPSA) is 90.1 Å². The van der Waals surface area contributed by atoms with Crippen molar-refractivity contribution < 1.29 is 9.53 Å². The summed E-state index contributed by atoms with van der Waals surface area (Å²) in [6.07, 6.45) is 0. The summed E-state index contributed by atoms with van der Waals surface area (Å²) >= 11 is 0. The quantitative estimate of drug-likeness (QED) is 0.873. The molecule has 0 saturated carbocycles. The number of rotatable bonds is 3. The number of ether oxygens (including phenoxy) is 1. The van der Waals surface area contributed by atoms with E-state index in [0.717, 1.165) is 5.56 Å². The van der Waals surface area contributed by atoms with Crippen molar-refractivity contribution in [2.75, 3.05) is 18.2 Å². The molecule has 19 heavy (non-hydrogen) atoms. The number of aromatic nitrogens is 2. The van der Waals surface area contributed by atoms with Gasteiger partial charge in [-0.15, -0.1) is 0 Å². The Balaban J connectivity index is 2.21. The molecule has 0 unspecified atom stereocenters. The zero-order valence-electron chi connectivity index (χ0n) is 10.7. The van der Waals surface area contributed by atoms with Crippen molar-refractivity contribution in [3.8, 4) is 5.88 Å². The summed E-state index contributed by atoms with van der Waals surface area (Å²) in [4.78, 5) is 19.8. The van der Waals surface area contributed by atoms with E-state index in [1.165, 1.54) is 13.2 Å². The van der Waals surface area contributed by atoms with Gasteiger partial charge in [0.05, 0.1) is 7.11 Å². The van der Waals surface area contributed by atoms with E-state index in [1.807, 2.05) is 19.1 Å². The number of nitrogens with one attached hydrogen (secondary N) is 1. The summed E-state index contributed by atoms with van der Waals surface area (Å²) in [5.74, 6) is 0.380. The second kappa shape index (κ2) is 5.34. The number of anilines is 2. The number of hydrogen-bond acceptors (Lipinski definition) is 5. The molecule has 1 aromatic heterocycles. The zero-order valence-corrected chi connectivity index (χ0v) is 10.7. The van der Waals surface area contributed by atoms with Crippen LogP contribution in [0.25, 0.3) is 0 Å². The molecule has 0 atom stereocenters. The number of nitrogen functional groups attached to an aromatic ring is 1. The molecule has 0 bridgehead atoms. The van der Waals surface area contributed by atoms with Crippen LogP contribution < -0.4 is 15.8 Å². The van der Waals surface area contributed by atoms with E-state index >= 15 is 0 Å². The standard InChI is InChI=1S/C13H14N4O2/c1-8-4-3-5-9(6-8)12(18)15-10-7-11(19-2)17-13(14)16-10/h3-7H,1-2H3,(H3,14,15,16,17,18). The van der Waals surface area contributed by atoms with Crippen LogP contribution in [0.4, 0.5) is 11.8 Å². The Morgan fingerprint density at radius 3 is 2.79 bits per heavy atom. The maximum Gasteiger partial charge on any atom is 0.256 e. The van der Waals surface area contributed by atoms with Crippen LogP contribution in [0.3, 0.4) is 0 Å². The molecule has 1 heterocycles. The van der Waals surface area contributed by atoms with Gasteiger partial charge < -0.3 is 15.8 Å². The fourth-order valence-corrected chi connectivity index (χ4v) is 1.59. The first-order chi connectivity index (χ1) is 9.08. The van der Waals surface area contributed by atoms with E-state index in [4.69, 9.17) is 10.5 Å². The van der Waals surface area contributed by atoms with Crippen molar-refractivity contribution in [2.24, 2.45) is 0 Å². The summed E-state index contributed by atoms with van der Waals surface area (Å²) in [5, 5.41) is 2.65. The Morgan fingerprint density at radius 2 is 2.11 bits per heavy atom. The Hall–Kier alpha value is -2.63. The number of amides is 1. The highest BCUT2D eigenvalue weighted by Crippen LogP contribution is 2.15. The minimum absolute atomic E-state index is 0.0406. The van der Waals surface area contributed by atoms with Crippen molar-refractivity contribution >= 4 is 17.7 Å². The number of hydrogen-bond donors (Lipinski definition) is 2. The molecule has 2 aromatic rings. The first kappa shape index (κ1) is 12.8. The lowest BCUT2D eigenvalue weighted by Gasteiger charge is -2.07. The minimum Gasteiger partial charge on any atom is -0.481 e. The van der Waals surface area contributed by atoms with E-state index in [9.17, 15) is 4.79 Å². The fraction of sp³-hybridized carbons (Fsp3) is 0.154. The minimum atomic E-state index is -0.260. The number of nitrogens with two attached hydrogens (primary N) is 1. The molecule has 0 fully saturated rings. The van der Waals surface area contributed by atoms with Gasteiger partial charge >= 0.3 is 0 Å². The Labute approximate surface area is 110 Å². The monoisotopic (exact) mass is 258 g/mol. The fourth-order valence-electron chi connectivity index (χ4n) is 1.59. The van der Waals surface area contributed by atoms with E-state index in [2.05, 4.69) is 15.3 Å². The SMILES string of the molecule is COc1cc(NC(=O)c2cccc(C)c2)nc(N)n1. The van der Waals surface area contributed by atoms with Crippen LogP contribution in [-0.4, -0.2) is 23.0 Å². The second-order valence-electron chi connectivity index (χ2n) is 3.98. The number of carbonyl (C=O) groups excluding carboxylic acids is 1. The predicted octanol–water partition coefficient (Wildman–Crippen LogP) is 1.63. The van der Waals surface area contributed by atoms with Crippen molar-refractivity contribution in [3.05, 3.63) is 41.5 Å². The summed E-state index contributed by atoms with van der Waals surface area (Å²) in [6, 6.07) is 8.76. The molecular formula is C13H14N4O2. The van der Waals surface area contributed by atoms with Crippen LogP contribution >= 0.6 is 0 Å². The predicted molar refractivity (Wildman–Crippen MR) is 72.1 cm³/mol. The third-order valence-corrected chi connectivity index (χ3v) is 2.45. The summed E-state index contributed by atoms with van der Waals surface area (Å²) in [5.41, 5.74) is 7.08. The molecule has 98 valence electrons. The second-order valence-corrected chi connectivity index (χ2v) is 3.98. The molecule has 3 N–H and O–H groups in total. The van der Waals surface area contributed by atoms with Crippen molar-refractivity contribution in [1.29, 1.82) is 0 Å². The van der Waals surface area contributed by atoms with Crippen molar-refractivity contribution in [3.63, 3.8) is 0 Å². The summed E-state index contributed by atoms with van der Waals surface area (Å²) in [6.45, 7) is 1.92. The Morgan fingerprint density at radius 1 is 1.32 bits per heavy atom. The molecule has 0 aliphatic carbocycles. The van der Waals surface area contributed by atoms with Crippen molar-refractivity contribution in [1.82, 2.24) is 9.97 Å². The number of carbonyl (C=O) groups is 1. The maximum absolute atomic E-state index is 12.0. The largest absolute Gasteiger partial charge is 0.481 e. The average Bonchev–Trinajstić information content (AvgIpc) is 2.38. The Kier molecular flexibility index (Phi) is 3.61. The highest BCUT2D eigenvalue weighted by molar-refractivity contribution is 6.03. The van der Waals surface area contributed by atoms with Gasteiger partial charge in [0.25, 0.3) is 5.91 Å². The highest BCUT2D eigenvalue weighted by atomic mass is 16.5. The molecule has 0 spiro atoms. The van der Waals surface area contributed by atoms with Gasteiger partial charge in [0.1, 0.15) is 5.82 Å². The van der Waals surface area contributed by atoms with Crippen molar-refractivity contribution in [2.45, 2.75) is 6.92 Å². The number of methoxy groups -OCH3 is 1. The normalized spacial score (nSPS) is 10.0. The lowest BCUT2D eigenvalue weighted by molar-refractivity contribution is 0.102. The molecule has 0 aliphatic rings. The van der Waals surface area contributed by atoms with Gasteiger partial charge in [-0.3, -0.25) is 4.79 Å². The highest BCUT2D eigenvalue weighted by Gasteiger charge is 2.09. The molecule has 2 rings (SSSR count). The molecule has 6 heteroatoms. The molecule has 0 aliphatic heterocycles. The van der Waals surface area contributed by atoms with Crippen LogP contribution in [0.2, 0.25) is 0 Å². The van der Waals surface area contributed by atoms with E-state index in [-0.39, 0.29) is 11.9 Å². The maximum atomic E-state index is 12.0. The van der Waals surface area contributed by atoms with E-state index < -0.39 is 0 Å².